The van der Waals surface area contributed by atoms with E-state index >= 15 is 0 Å². The lowest BCUT2D eigenvalue weighted by molar-refractivity contribution is -0.0123. The predicted molar refractivity (Wildman–Crippen MR) is 96.0 cm³/mol. The van der Waals surface area contributed by atoms with E-state index in [2.05, 4.69) is 48.2 Å². The van der Waals surface area contributed by atoms with Crippen LogP contribution >= 0.6 is 11.6 Å². The standard InChI is InChI=1S/C20H24ClNO/c1-20(17-7-3-2-4-8-17,18-9-11-19(21)12-10-18)23-16-15-22-13-5-6-14-22/h2-4,7-12H,5-6,13-16H2,1H3. The molecule has 1 unspecified atom stereocenters. The van der Waals surface area contributed by atoms with E-state index in [1.807, 2.05) is 18.2 Å². The number of rotatable bonds is 6. The maximum Gasteiger partial charge on any atom is 0.115 e. The zero-order chi connectivity index (χ0) is 16.1. The van der Waals surface area contributed by atoms with Crippen LogP contribution in [0.3, 0.4) is 0 Å². The molecule has 0 radical (unpaired) electrons. The van der Waals surface area contributed by atoms with Crippen LogP contribution in [-0.4, -0.2) is 31.1 Å². The predicted octanol–water partition coefficient (Wildman–Crippen LogP) is 4.72. The van der Waals surface area contributed by atoms with Crippen LogP contribution in [0.15, 0.2) is 54.6 Å². The van der Waals surface area contributed by atoms with Gasteiger partial charge in [0.05, 0.1) is 6.61 Å². The van der Waals surface area contributed by atoms with Gasteiger partial charge in [0.15, 0.2) is 0 Å². The van der Waals surface area contributed by atoms with E-state index in [0.29, 0.717) is 0 Å². The highest BCUT2D eigenvalue weighted by molar-refractivity contribution is 6.30. The monoisotopic (exact) mass is 329 g/mol. The first-order valence-electron chi connectivity index (χ1n) is 8.36. The topological polar surface area (TPSA) is 12.5 Å². The van der Waals surface area contributed by atoms with Gasteiger partial charge in [0.1, 0.15) is 5.60 Å². The van der Waals surface area contributed by atoms with Crippen molar-refractivity contribution in [2.75, 3.05) is 26.2 Å². The molecular formula is C20H24ClNO. The number of nitrogens with zero attached hydrogens (tertiary/aromatic N) is 1. The SMILES string of the molecule is CC(OCCN1CCCC1)(c1ccccc1)c1ccc(Cl)cc1. The summed E-state index contributed by atoms with van der Waals surface area (Å²) in [4.78, 5) is 2.48. The summed E-state index contributed by atoms with van der Waals surface area (Å²) < 4.78 is 6.42. The van der Waals surface area contributed by atoms with E-state index in [4.69, 9.17) is 16.3 Å². The van der Waals surface area contributed by atoms with Crippen molar-refractivity contribution in [1.29, 1.82) is 0 Å². The highest BCUT2D eigenvalue weighted by Gasteiger charge is 2.30. The first-order valence-corrected chi connectivity index (χ1v) is 8.74. The van der Waals surface area contributed by atoms with E-state index in [0.717, 1.165) is 23.7 Å². The smallest absolute Gasteiger partial charge is 0.115 e. The molecule has 0 spiro atoms. The number of halogens is 1. The van der Waals surface area contributed by atoms with Crippen LogP contribution in [0.25, 0.3) is 0 Å². The molecule has 1 aliphatic rings. The number of benzene rings is 2. The number of likely N-dealkylation sites (tertiary alicyclic amines) is 1. The molecule has 0 amide bonds. The second-order valence-corrected chi connectivity index (χ2v) is 6.74. The Morgan fingerprint density at radius 2 is 1.57 bits per heavy atom. The molecule has 3 heteroatoms. The molecule has 3 rings (SSSR count). The number of hydrogen-bond acceptors (Lipinski definition) is 2. The summed E-state index contributed by atoms with van der Waals surface area (Å²) in [5.74, 6) is 0. The molecule has 0 bridgehead atoms. The quantitative estimate of drug-likeness (QED) is 0.760. The van der Waals surface area contributed by atoms with Crippen molar-refractivity contribution in [2.45, 2.75) is 25.4 Å². The maximum absolute atomic E-state index is 6.42. The van der Waals surface area contributed by atoms with Crippen LogP contribution in [0.2, 0.25) is 5.02 Å². The normalized spacial score (nSPS) is 18.0. The third-order valence-electron chi connectivity index (χ3n) is 4.72. The summed E-state index contributed by atoms with van der Waals surface area (Å²) in [6, 6.07) is 18.4. The Balaban J connectivity index is 1.79. The van der Waals surface area contributed by atoms with E-state index in [9.17, 15) is 0 Å². The molecule has 23 heavy (non-hydrogen) atoms. The fraction of sp³-hybridized carbons (Fsp3) is 0.400. The summed E-state index contributed by atoms with van der Waals surface area (Å²) in [5, 5.41) is 0.751. The molecular weight excluding hydrogens is 306 g/mol. The van der Waals surface area contributed by atoms with Crippen LogP contribution in [0.4, 0.5) is 0 Å². The summed E-state index contributed by atoms with van der Waals surface area (Å²) in [5.41, 5.74) is 1.85. The van der Waals surface area contributed by atoms with Gasteiger partial charge in [0, 0.05) is 11.6 Å². The maximum atomic E-state index is 6.42. The minimum atomic E-state index is -0.453. The molecule has 1 heterocycles. The Labute approximate surface area is 144 Å². The molecule has 1 fully saturated rings. The molecule has 0 aliphatic carbocycles. The second kappa shape index (κ2) is 7.48. The Hall–Kier alpha value is -1.35. The van der Waals surface area contributed by atoms with Crippen LogP contribution in [0, 0.1) is 0 Å². The van der Waals surface area contributed by atoms with Crippen LogP contribution < -0.4 is 0 Å². The van der Waals surface area contributed by atoms with Crippen LogP contribution in [0.5, 0.6) is 0 Å². The number of hydrogen-bond donors (Lipinski definition) is 0. The summed E-state index contributed by atoms with van der Waals surface area (Å²) >= 11 is 6.05. The lowest BCUT2D eigenvalue weighted by Gasteiger charge is -2.32. The largest absolute Gasteiger partial charge is 0.365 e. The zero-order valence-corrected chi connectivity index (χ0v) is 14.4. The lowest BCUT2D eigenvalue weighted by Crippen LogP contribution is -2.32. The van der Waals surface area contributed by atoms with Gasteiger partial charge in [-0.2, -0.15) is 0 Å². The van der Waals surface area contributed by atoms with Crippen molar-refractivity contribution in [3.8, 4) is 0 Å². The lowest BCUT2D eigenvalue weighted by atomic mass is 9.88. The van der Waals surface area contributed by atoms with Gasteiger partial charge in [-0.05, 0) is 56.1 Å². The molecule has 122 valence electrons. The van der Waals surface area contributed by atoms with Gasteiger partial charge in [0.2, 0.25) is 0 Å². The first kappa shape index (κ1) is 16.5. The Morgan fingerprint density at radius 3 is 2.22 bits per heavy atom. The molecule has 2 aromatic rings. The fourth-order valence-electron chi connectivity index (χ4n) is 3.24. The van der Waals surface area contributed by atoms with Crippen molar-refractivity contribution in [1.82, 2.24) is 4.90 Å². The third kappa shape index (κ3) is 3.95. The highest BCUT2D eigenvalue weighted by Crippen LogP contribution is 2.34. The van der Waals surface area contributed by atoms with Crippen molar-refractivity contribution in [3.05, 3.63) is 70.7 Å². The minimum absolute atomic E-state index is 0.453. The van der Waals surface area contributed by atoms with E-state index in [1.54, 1.807) is 0 Å². The Bertz CT molecular complexity index is 607. The van der Waals surface area contributed by atoms with E-state index in [1.165, 1.54) is 31.5 Å². The average molecular weight is 330 g/mol. The molecule has 2 nitrogen and oxygen atoms in total. The van der Waals surface area contributed by atoms with E-state index < -0.39 is 5.60 Å². The van der Waals surface area contributed by atoms with Crippen molar-refractivity contribution in [3.63, 3.8) is 0 Å². The Kier molecular flexibility index (Phi) is 5.37. The molecule has 0 N–H and O–H groups in total. The molecule has 0 aromatic heterocycles. The van der Waals surface area contributed by atoms with Gasteiger partial charge in [-0.25, -0.2) is 0 Å². The van der Waals surface area contributed by atoms with E-state index in [-0.39, 0.29) is 0 Å². The molecule has 1 aliphatic heterocycles. The number of ether oxygens (including phenoxy) is 1. The summed E-state index contributed by atoms with van der Waals surface area (Å²) in [6.07, 6.45) is 2.63. The molecule has 1 atom stereocenters. The minimum Gasteiger partial charge on any atom is -0.365 e. The van der Waals surface area contributed by atoms with Gasteiger partial charge in [-0.3, -0.25) is 0 Å². The second-order valence-electron chi connectivity index (χ2n) is 6.30. The highest BCUT2D eigenvalue weighted by atomic mass is 35.5. The van der Waals surface area contributed by atoms with Gasteiger partial charge in [-0.15, -0.1) is 0 Å². The first-order chi connectivity index (χ1) is 11.2. The van der Waals surface area contributed by atoms with Crippen molar-refractivity contribution < 1.29 is 4.74 Å². The average Bonchev–Trinajstić information content (AvgIpc) is 3.09. The fourth-order valence-corrected chi connectivity index (χ4v) is 3.37. The van der Waals surface area contributed by atoms with Gasteiger partial charge in [-0.1, -0.05) is 54.1 Å². The van der Waals surface area contributed by atoms with Crippen LogP contribution in [-0.2, 0) is 10.3 Å². The molecule has 1 saturated heterocycles. The van der Waals surface area contributed by atoms with Crippen molar-refractivity contribution >= 4 is 11.6 Å². The van der Waals surface area contributed by atoms with Gasteiger partial charge in [0.25, 0.3) is 0 Å². The zero-order valence-electron chi connectivity index (χ0n) is 13.7. The Morgan fingerprint density at radius 1 is 0.957 bits per heavy atom. The molecule has 2 aromatic carbocycles. The molecule has 0 saturated carbocycles. The third-order valence-corrected chi connectivity index (χ3v) is 4.97. The van der Waals surface area contributed by atoms with Gasteiger partial charge >= 0.3 is 0 Å². The summed E-state index contributed by atoms with van der Waals surface area (Å²) in [6.45, 7) is 6.28. The van der Waals surface area contributed by atoms with Gasteiger partial charge < -0.3 is 9.64 Å². The van der Waals surface area contributed by atoms with Crippen molar-refractivity contribution in [2.24, 2.45) is 0 Å². The van der Waals surface area contributed by atoms with Crippen LogP contribution in [0.1, 0.15) is 30.9 Å². The summed E-state index contributed by atoms with van der Waals surface area (Å²) in [7, 11) is 0.